The summed E-state index contributed by atoms with van der Waals surface area (Å²) in [6.45, 7) is 5.25. The second-order valence-electron chi connectivity index (χ2n) is 7.90. The molecular formula is C20H28FN3O2. The van der Waals surface area contributed by atoms with E-state index in [1.807, 2.05) is 17.9 Å². The fraction of sp³-hybridized carbons (Fsp3) is 0.650. The molecule has 0 aromatic heterocycles. The predicted molar refractivity (Wildman–Crippen MR) is 97.6 cm³/mol. The van der Waals surface area contributed by atoms with E-state index in [2.05, 4.69) is 10.2 Å². The van der Waals surface area contributed by atoms with E-state index in [4.69, 9.17) is 4.74 Å². The zero-order chi connectivity index (χ0) is 18.3. The molecule has 1 aromatic carbocycles. The second kappa shape index (κ2) is 6.82. The number of rotatable bonds is 1. The van der Waals surface area contributed by atoms with Crippen LogP contribution in [0.2, 0.25) is 0 Å². The first-order valence-corrected chi connectivity index (χ1v) is 9.63. The fourth-order valence-corrected chi connectivity index (χ4v) is 5.32. The van der Waals surface area contributed by atoms with Crippen molar-refractivity contribution in [2.24, 2.45) is 0 Å². The minimum absolute atomic E-state index is 0.0223. The smallest absolute Gasteiger partial charge is 0.317 e. The van der Waals surface area contributed by atoms with Crippen LogP contribution in [0, 0.1) is 12.7 Å². The number of halogens is 1. The molecule has 0 radical (unpaired) electrons. The first-order valence-electron chi connectivity index (χ1n) is 9.63. The Kier molecular flexibility index (Phi) is 4.65. The van der Waals surface area contributed by atoms with E-state index >= 15 is 0 Å². The van der Waals surface area contributed by atoms with Gasteiger partial charge in [0.2, 0.25) is 0 Å². The first kappa shape index (κ1) is 17.7. The van der Waals surface area contributed by atoms with Crippen LogP contribution in [-0.4, -0.2) is 60.8 Å². The van der Waals surface area contributed by atoms with Crippen molar-refractivity contribution < 1.29 is 13.9 Å². The molecule has 3 fully saturated rings. The zero-order valence-corrected chi connectivity index (χ0v) is 15.6. The standard InChI is InChI=1S/C20H28FN3O2/c1-14-11-15(21)3-4-17(14)18-12-20(7-8-23(18)19(25)22-2)6-5-16-13-26-10-9-24(16)20/h3-4,11,16,18H,5-10,12-13H2,1-2H3,(H,22,25)/t16-,18-,20?/m1/s1. The van der Waals surface area contributed by atoms with Gasteiger partial charge in [0, 0.05) is 31.7 Å². The van der Waals surface area contributed by atoms with E-state index < -0.39 is 0 Å². The highest BCUT2D eigenvalue weighted by molar-refractivity contribution is 5.74. The number of urea groups is 1. The van der Waals surface area contributed by atoms with Crippen LogP contribution in [0.25, 0.3) is 0 Å². The summed E-state index contributed by atoms with van der Waals surface area (Å²) < 4.78 is 19.3. The van der Waals surface area contributed by atoms with Gasteiger partial charge in [-0.25, -0.2) is 9.18 Å². The summed E-state index contributed by atoms with van der Waals surface area (Å²) in [7, 11) is 1.68. The average Bonchev–Trinajstić information content (AvgIpc) is 3.00. The predicted octanol–water partition coefficient (Wildman–Crippen LogP) is 2.84. The molecule has 3 aliphatic heterocycles. The quantitative estimate of drug-likeness (QED) is 0.837. The van der Waals surface area contributed by atoms with Crippen molar-refractivity contribution in [3.8, 4) is 0 Å². The maximum absolute atomic E-state index is 13.6. The van der Waals surface area contributed by atoms with Crippen LogP contribution in [0.1, 0.15) is 42.9 Å². The maximum atomic E-state index is 13.6. The molecule has 3 aliphatic rings. The number of aryl methyl sites for hydroxylation is 1. The summed E-state index contributed by atoms with van der Waals surface area (Å²) in [4.78, 5) is 17.1. The van der Waals surface area contributed by atoms with Crippen LogP contribution in [0.5, 0.6) is 0 Å². The molecule has 6 heteroatoms. The lowest BCUT2D eigenvalue weighted by molar-refractivity contribution is -0.0560. The summed E-state index contributed by atoms with van der Waals surface area (Å²) in [6, 6.07) is 5.37. The molecule has 142 valence electrons. The van der Waals surface area contributed by atoms with Gasteiger partial charge in [-0.15, -0.1) is 0 Å². The summed E-state index contributed by atoms with van der Waals surface area (Å²) >= 11 is 0. The molecule has 5 nitrogen and oxygen atoms in total. The number of amides is 2. The Balaban J connectivity index is 1.68. The van der Waals surface area contributed by atoms with Crippen molar-refractivity contribution in [1.82, 2.24) is 15.1 Å². The maximum Gasteiger partial charge on any atom is 0.317 e. The van der Waals surface area contributed by atoms with Gasteiger partial charge in [-0.05, 0) is 55.9 Å². The van der Waals surface area contributed by atoms with Crippen LogP contribution >= 0.6 is 0 Å². The number of ether oxygens (including phenoxy) is 1. The van der Waals surface area contributed by atoms with Gasteiger partial charge in [-0.3, -0.25) is 4.90 Å². The lowest BCUT2D eigenvalue weighted by Gasteiger charge is -2.51. The molecule has 4 rings (SSSR count). The summed E-state index contributed by atoms with van der Waals surface area (Å²) in [6.07, 6.45) is 4.21. The normalized spacial score (nSPS) is 31.9. The van der Waals surface area contributed by atoms with Crippen molar-refractivity contribution in [1.29, 1.82) is 0 Å². The van der Waals surface area contributed by atoms with Crippen LogP contribution in [0.3, 0.4) is 0 Å². The lowest BCUT2D eigenvalue weighted by atomic mass is 9.78. The molecule has 3 atom stereocenters. The molecule has 1 N–H and O–H groups in total. The van der Waals surface area contributed by atoms with Gasteiger partial charge in [0.1, 0.15) is 5.82 Å². The first-order chi connectivity index (χ1) is 12.5. The molecule has 1 spiro atoms. The number of carbonyl (C=O) groups is 1. The number of hydrogen-bond donors (Lipinski definition) is 1. The molecule has 0 bridgehead atoms. The van der Waals surface area contributed by atoms with Gasteiger partial charge in [0.05, 0.1) is 19.3 Å². The number of piperidine rings is 1. The van der Waals surface area contributed by atoms with Gasteiger partial charge < -0.3 is 15.0 Å². The van der Waals surface area contributed by atoms with Crippen molar-refractivity contribution in [2.45, 2.75) is 50.2 Å². The molecule has 1 aromatic rings. The number of fused-ring (bicyclic) bond motifs is 2. The summed E-state index contributed by atoms with van der Waals surface area (Å²) in [5.41, 5.74) is 2.10. The molecule has 0 saturated carbocycles. The molecule has 3 saturated heterocycles. The Morgan fingerprint density at radius 1 is 1.35 bits per heavy atom. The van der Waals surface area contributed by atoms with Crippen molar-refractivity contribution >= 4 is 6.03 Å². The van der Waals surface area contributed by atoms with Gasteiger partial charge in [-0.2, -0.15) is 0 Å². The third-order valence-electron chi connectivity index (χ3n) is 6.61. The van der Waals surface area contributed by atoms with Crippen molar-refractivity contribution in [3.63, 3.8) is 0 Å². The molecule has 26 heavy (non-hydrogen) atoms. The largest absolute Gasteiger partial charge is 0.378 e. The topological polar surface area (TPSA) is 44.8 Å². The van der Waals surface area contributed by atoms with Crippen LogP contribution in [0.15, 0.2) is 18.2 Å². The number of hydrogen-bond acceptors (Lipinski definition) is 3. The van der Waals surface area contributed by atoms with E-state index in [0.29, 0.717) is 6.04 Å². The van der Waals surface area contributed by atoms with Crippen LogP contribution in [-0.2, 0) is 4.74 Å². The number of likely N-dealkylation sites (tertiary alicyclic amines) is 1. The number of benzene rings is 1. The van der Waals surface area contributed by atoms with E-state index in [9.17, 15) is 9.18 Å². The minimum atomic E-state index is -0.225. The van der Waals surface area contributed by atoms with Gasteiger partial charge in [0.15, 0.2) is 0 Å². The number of nitrogens with zero attached hydrogens (tertiary/aromatic N) is 2. The average molecular weight is 361 g/mol. The molecule has 3 heterocycles. The Morgan fingerprint density at radius 2 is 2.19 bits per heavy atom. The third kappa shape index (κ3) is 2.89. The van der Waals surface area contributed by atoms with Gasteiger partial charge >= 0.3 is 6.03 Å². The van der Waals surface area contributed by atoms with Gasteiger partial charge in [-0.1, -0.05) is 6.07 Å². The van der Waals surface area contributed by atoms with E-state index in [1.165, 1.54) is 6.07 Å². The zero-order valence-electron chi connectivity index (χ0n) is 15.6. The van der Waals surface area contributed by atoms with E-state index in [1.54, 1.807) is 13.1 Å². The third-order valence-corrected chi connectivity index (χ3v) is 6.61. The highest BCUT2D eigenvalue weighted by Gasteiger charge is 2.51. The molecule has 2 amide bonds. The van der Waals surface area contributed by atoms with Crippen LogP contribution < -0.4 is 5.32 Å². The lowest BCUT2D eigenvalue weighted by Crippen LogP contribution is -2.59. The van der Waals surface area contributed by atoms with Crippen molar-refractivity contribution in [3.05, 3.63) is 35.1 Å². The number of nitrogens with one attached hydrogen (secondary N) is 1. The van der Waals surface area contributed by atoms with E-state index in [-0.39, 0.29) is 23.4 Å². The molecule has 0 aliphatic carbocycles. The monoisotopic (exact) mass is 361 g/mol. The second-order valence-corrected chi connectivity index (χ2v) is 7.90. The SMILES string of the molecule is CNC(=O)N1CCC2(CC[C@@H]3COCCN32)C[C@@H]1c1ccc(F)cc1C. The highest BCUT2D eigenvalue weighted by Crippen LogP contribution is 2.48. The highest BCUT2D eigenvalue weighted by atomic mass is 19.1. The Bertz CT molecular complexity index is 698. The Morgan fingerprint density at radius 3 is 2.96 bits per heavy atom. The molecule has 1 unspecified atom stereocenters. The Hall–Kier alpha value is -1.66. The fourth-order valence-electron chi connectivity index (χ4n) is 5.32. The van der Waals surface area contributed by atoms with E-state index in [0.717, 1.165) is 63.1 Å². The summed E-state index contributed by atoms with van der Waals surface area (Å²) in [5.74, 6) is -0.225. The number of carbonyl (C=O) groups excluding carboxylic acids is 1. The molecular weight excluding hydrogens is 333 g/mol. The van der Waals surface area contributed by atoms with Crippen LogP contribution in [0.4, 0.5) is 9.18 Å². The van der Waals surface area contributed by atoms with Crippen molar-refractivity contribution in [2.75, 3.05) is 33.4 Å². The minimum Gasteiger partial charge on any atom is -0.378 e. The van der Waals surface area contributed by atoms with Gasteiger partial charge in [0.25, 0.3) is 0 Å². The Labute approximate surface area is 154 Å². The summed E-state index contributed by atoms with van der Waals surface area (Å²) in [5, 5.41) is 2.78. The number of morpholine rings is 1.